The van der Waals surface area contributed by atoms with E-state index in [0.29, 0.717) is 45.0 Å². The number of anilines is 2. The normalized spacial score (nSPS) is 17.4. The molecule has 21 heavy (non-hydrogen) atoms. The molecule has 1 aromatic rings. The van der Waals surface area contributed by atoms with Gasteiger partial charge in [-0.2, -0.15) is 17.0 Å². The first-order valence-corrected chi connectivity index (χ1v) is 8.60. The van der Waals surface area contributed by atoms with Gasteiger partial charge in [-0.05, 0) is 6.07 Å². The summed E-state index contributed by atoms with van der Waals surface area (Å²) in [6.45, 7) is 6.92. The van der Waals surface area contributed by atoms with Crippen LogP contribution in [-0.2, 0) is 10.2 Å². The molecular weight excluding hydrogens is 290 g/mol. The summed E-state index contributed by atoms with van der Waals surface area (Å²) in [6.07, 6.45) is 3.32. The molecule has 1 aliphatic heterocycles. The summed E-state index contributed by atoms with van der Waals surface area (Å²) in [5.74, 6) is 0. The molecule has 0 saturated carbocycles. The monoisotopic (exact) mass is 313 g/mol. The Balaban J connectivity index is 2.05. The van der Waals surface area contributed by atoms with Gasteiger partial charge in [-0.15, -0.1) is 0 Å². The van der Waals surface area contributed by atoms with Crippen molar-refractivity contribution in [1.82, 2.24) is 13.6 Å². The highest BCUT2D eigenvalue weighted by Crippen LogP contribution is 2.23. The molecule has 0 radical (unpaired) electrons. The molecule has 0 aromatic carbocycles. The lowest BCUT2D eigenvalue weighted by molar-refractivity contribution is 0.334. The lowest BCUT2D eigenvalue weighted by Crippen LogP contribution is -2.53. The number of hydrogen-bond acceptors (Lipinski definition) is 5. The minimum atomic E-state index is -3.34. The molecule has 118 valence electrons. The molecule has 8 heteroatoms. The minimum absolute atomic E-state index is 0.473. The first-order valence-electron chi connectivity index (χ1n) is 7.20. The van der Waals surface area contributed by atoms with Gasteiger partial charge in [0, 0.05) is 45.5 Å². The Morgan fingerprint density at radius 3 is 2.38 bits per heavy atom. The Kier molecular flexibility index (Phi) is 5.02. The van der Waals surface area contributed by atoms with E-state index < -0.39 is 10.2 Å². The van der Waals surface area contributed by atoms with Crippen molar-refractivity contribution >= 4 is 21.6 Å². The van der Waals surface area contributed by atoms with E-state index in [0.717, 1.165) is 5.69 Å². The van der Waals surface area contributed by atoms with E-state index in [2.05, 4.69) is 9.88 Å². The molecule has 0 unspecified atom stereocenters. The van der Waals surface area contributed by atoms with Gasteiger partial charge in [-0.3, -0.25) is 4.98 Å². The maximum Gasteiger partial charge on any atom is 0.282 e. The van der Waals surface area contributed by atoms with Crippen LogP contribution in [0.5, 0.6) is 0 Å². The fraction of sp³-hybridized carbons (Fsp3) is 0.615. The van der Waals surface area contributed by atoms with Gasteiger partial charge < -0.3 is 10.6 Å². The van der Waals surface area contributed by atoms with Crippen LogP contribution in [0.15, 0.2) is 18.5 Å². The lowest BCUT2D eigenvalue weighted by Gasteiger charge is -2.37. The molecule has 0 atom stereocenters. The number of rotatable bonds is 5. The van der Waals surface area contributed by atoms with Crippen molar-refractivity contribution < 1.29 is 8.42 Å². The van der Waals surface area contributed by atoms with Crippen LogP contribution in [0.2, 0.25) is 0 Å². The van der Waals surface area contributed by atoms with Crippen molar-refractivity contribution in [2.24, 2.45) is 0 Å². The third kappa shape index (κ3) is 3.28. The van der Waals surface area contributed by atoms with E-state index in [-0.39, 0.29) is 0 Å². The van der Waals surface area contributed by atoms with Gasteiger partial charge in [-0.25, -0.2) is 0 Å². The van der Waals surface area contributed by atoms with Crippen LogP contribution in [-0.4, -0.2) is 61.3 Å². The minimum Gasteiger partial charge on any atom is -0.396 e. The van der Waals surface area contributed by atoms with E-state index >= 15 is 0 Å². The molecule has 0 amide bonds. The number of nitrogens with zero attached hydrogens (tertiary/aromatic N) is 4. The number of hydrogen-bond donors (Lipinski definition) is 1. The summed E-state index contributed by atoms with van der Waals surface area (Å²) in [4.78, 5) is 6.08. The highest BCUT2D eigenvalue weighted by atomic mass is 32.2. The standard InChI is InChI=1S/C13H23N5O2S/c1-3-17(4-2)21(19,20)18-9-7-16(8-10-18)13-5-6-15-11-12(13)14/h5-6,11H,3-4,7-10,14H2,1-2H3. The van der Waals surface area contributed by atoms with Crippen molar-refractivity contribution in [3.63, 3.8) is 0 Å². The summed E-state index contributed by atoms with van der Waals surface area (Å²) in [6, 6.07) is 1.86. The number of nitrogen functional groups attached to an aromatic ring is 1. The molecule has 1 fully saturated rings. The van der Waals surface area contributed by atoms with Crippen LogP contribution in [0.1, 0.15) is 13.8 Å². The van der Waals surface area contributed by atoms with Crippen LogP contribution in [0, 0.1) is 0 Å². The van der Waals surface area contributed by atoms with E-state index in [9.17, 15) is 8.42 Å². The fourth-order valence-corrected chi connectivity index (χ4v) is 4.16. The van der Waals surface area contributed by atoms with E-state index in [1.807, 2.05) is 19.9 Å². The van der Waals surface area contributed by atoms with Gasteiger partial charge in [0.2, 0.25) is 0 Å². The molecule has 2 rings (SSSR count). The molecule has 2 heterocycles. The second-order valence-electron chi connectivity index (χ2n) is 4.91. The number of pyridine rings is 1. The molecule has 2 N–H and O–H groups in total. The smallest absolute Gasteiger partial charge is 0.282 e. The van der Waals surface area contributed by atoms with Crippen molar-refractivity contribution in [2.75, 3.05) is 49.9 Å². The van der Waals surface area contributed by atoms with Crippen molar-refractivity contribution in [1.29, 1.82) is 0 Å². The van der Waals surface area contributed by atoms with E-state index in [1.165, 1.54) is 4.31 Å². The molecule has 1 saturated heterocycles. The van der Waals surface area contributed by atoms with Gasteiger partial charge in [-0.1, -0.05) is 13.8 Å². The SMILES string of the molecule is CCN(CC)S(=O)(=O)N1CCN(c2ccncc2N)CC1. The van der Waals surface area contributed by atoms with Crippen LogP contribution in [0.4, 0.5) is 11.4 Å². The Labute approximate surface area is 126 Å². The zero-order chi connectivity index (χ0) is 15.5. The summed E-state index contributed by atoms with van der Waals surface area (Å²) in [7, 11) is -3.34. The van der Waals surface area contributed by atoms with Gasteiger partial charge >= 0.3 is 0 Å². The summed E-state index contributed by atoms with van der Waals surface area (Å²) in [5.41, 5.74) is 7.46. The maximum atomic E-state index is 12.5. The molecule has 0 spiro atoms. The predicted octanol–water partition coefficient (Wildman–Crippen LogP) is 0.372. The third-order valence-corrected chi connectivity index (χ3v) is 5.95. The van der Waals surface area contributed by atoms with Gasteiger partial charge in [0.05, 0.1) is 17.6 Å². The van der Waals surface area contributed by atoms with Crippen LogP contribution < -0.4 is 10.6 Å². The zero-order valence-electron chi connectivity index (χ0n) is 12.6. The quantitative estimate of drug-likeness (QED) is 0.849. The molecule has 1 aliphatic rings. The number of nitrogens with two attached hydrogens (primary N) is 1. The highest BCUT2D eigenvalue weighted by Gasteiger charge is 2.31. The molecular formula is C13H23N5O2S. The Morgan fingerprint density at radius 1 is 1.24 bits per heavy atom. The van der Waals surface area contributed by atoms with Crippen molar-refractivity contribution in [3.05, 3.63) is 18.5 Å². The van der Waals surface area contributed by atoms with E-state index in [1.54, 1.807) is 16.7 Å². The summed E-state index contributed by atoms with van der Waals surface area (Å²) < 4.78 is 28.0. The predicted molar refractivity (Wildman–Crippen MR) is 84.3 cm³/mol. The molecule has 0 bridgehead atoms. The van der Waals surface area contributed by atoms with Crippen LogP contribution in [0.3, 0.4) is 0 Å². The fourth-order valence-electron chi connectivity index (χ4n) is 2.56. The highest BCUT2D eigenvalue weighted by molar-refractivity contribution is 7.86. The van der Waals surface area contributed by atoms with Crippen molar-refractivity contribution in [2.45, 2.75) is 13.8 Å². The maximum absolute atomic E-state index is 12.5. The zero-order valence-corrected chi connectivity index (χ0v) is 13.4. The Hall–Kier alpha value is -1.38. The Morgan fingerprint density at radius 2 is 1.86 bits per heavy atom. The van der Waals surface area contributed by atoms with Crippen LogP contribution >= 0.6 is 0 Å². The molecule has 0 aliphatic carbocycles. The number of piperazine rings is 1. The second kappa shape index (κ2) is 6.59. The van der Waals surface area contributed by atoms with Gasteiger partial charge in [0.15, 0.2) is 0 Å². The van der Waals surface area contributed by atoms with Gasteiger partial charge in [0.25, 0.3) is 10.2 Å². The Bertz CT molecular complexity index is 566. The molecule has 7 nitrogen and oxygen atoms in total. The lowest BCUT2D eigenvalue weighted by atomic mass is 10.2. The number of aromatic nitrogens is 1. The first kappa shape index (κ1) is 16.0. The van der Waals surface area contributed by atoms with Gasteiger partial charge in [0.1, 0.15) is 0 Å². The average Bonchev–Trinajstić information content (AvgIpc) is 2.49. The topological polar surface area (TPSA) is 82.8 Å². The van der Waals surface area contributed by atoms with Crippen LogP contribution in [0.25, 0.3) is 0 Å². The first-order chi connectivity index (χ1) is 10.0. The summed E-state index contributed by atoms with van der Waals surface area (Å²) >= 11 is 0. The molecule has 1 aromatic heterocycles. The second-order valence-corrected chi connectivity index (χ2v) is 6.84. The average molecular weight is 313 g/mol. The van der Waals surface area contributed by atoms with E-state index in [4.69, 9.17) is 5.73 Å². The summed E-state index contributed by atoms with van der Waals surface area (Å²) in [5, 5.41) is 0. The largest absolute Gasteiger partial charge is 0.396 e. The van der Waals surface area contributed by atoms with Crippen molar-refractivity contribution in [3.8, 4) is 0 Å². The third-order valence-electron chi connectivity index (χ3n) is 3.77.